The summed E-state index contributed by atoms with van der Waals surface area (Å²) in [5, 5.41) is 0. The first-order valence-corrected chi connectivity index (χ1v) is 10.3. The number of carbonyl (C=O) groups is 4. The molecule has 0 radical (unpaired) electrons. The van der Waals surface area contributed by atoms with Gasteiger partial charge in [-0.05, 0) is 12.8 Å². The van der Waals surface area contributed by atoms with Crippen molar-refractivity contribution < 1.29 is 38.1 Å². The maximum Gasteiger partial charge on any atom is 0.404 e. The Labute approximate surface area is 182 Å². The van der Waals surface area contributed by atoms with E-state index in [1.165, 1.54) is 0 Å². The van der Waals surface area contributed by atoms with E-state index in [-0.39, 0.29) is 25.0 Å². The predicted molar refractivity (Wildman–Crippen MR) is 101 cm³/mol. The Kier molecular flexibility index (Phi) is 11.9. The van der Waals surface area contributed by atoms with Gasteiger partial charge >= 0.3 is 22.8 Å². The predicted octanol–water partition coefficient (Wildman–Crippen LogP) is 3.84. The molecule has 4 unspecified atom stereocenters. The molecule has 4 atom stereocenters. The van der Waals surface area contributed by atoms with E-state index in [2.05, 4.69) is 9.47 Å². The average molecular weight is 482 g/mol. The fourth-order valence-corrected chi connectivity index (χ4v) is 3.30. The molecule has 1 saturated carbocycles. The summed E-state index contributed by atoms with van der Waals surface area (Å²) in [7, 11) is 0. The average Bonchev–Trinajstić information content (AvgIpc) is 2.67. The van der Waals surface area contributed by atoms with Crippen LogP contribution in [0, 0.1) is 11.8 Å². The van der Waals surface area contributed by atoms with Gasteiger partial charge in [0.15, 0.2) is 12.2 Å². The number of alkyl halides is 2. The highest BCUT2D eigenvalue weighted by Gasteiger charge is 2.38. The van der Waals surface area contributed by atoms with Crippen LogP contribution >= 0.6 is 46.4 Å². The van der Waals surface area contributed by atoms with Gasteiger partial charge < -0.3 is 18.9 Å². The molecule has 1 fully saturated rings. The summed E-state index contributed by atoms with van der Waals surface area (Å²) in [5.41, 5.74) is -2.13. The number of ether oxygens (including phenoxy) is 4. The first kappa shape index (κ1) is 25.1. The monoisotopic (exact) mass is 480 g/mol. The normalized spacial score (nSPS) is 21.1. The number of hydrogen-bond acceptors (Lipinski definition) is 8. The van der Waals surface area contributed by atoms with Gasteiger partial charge in [-0.25, -0.2) is 9.59 Å². The molecule has 0 heterocycles. The smallest absolute Gasteiger partial charge is 0.404 e. The van der Waals surface area contributed by atoms with E-state index in [0.717, 1.165) is 12.8 Å². The van der Waals surface area contributed by atoms with E-state index in [1.54, 1.807) is 0 Å². The fraction of sp³-hybridized carbons (Fsp3) is 0.750. The van der Waals surface area contributed by atoms with Crippen molar-refractivity contribution in [3.8, 4) is 0 Å². The summed E-state index contributed by atoms with van der Waals surface area (Å²) < 4.78 is 19.6. The van der Waals surface area contributed by atoms with Crippen molar-refractivity contribution in [2.24, 2.45) is 11.8 Å². The van der Waals surface area contributed by atoms with Crippen LogP contribution < -0.4 is 0 Å². The molecule has 0 aromatic rings. The Hall–Kier alpha value is -0.960. The lowest BCUT2D eigenvalue weighted by Gasteiger charge is -2.29. The maximum absolute atomic E-state index is 12.4. The summed E-state index contributed by atoms with van der Waals surface area (Å²) in [6.07, 6.45) is 0.587. The van der Waals surface area contributed by atoms with E-state index in [0.29, 0.717) is 12.8 Å². The quantitative estimate of drug-likeness (QED) is 0.200. The highest BCUT2D eigenvalue weighted by Crippen LogP contribution is 2.32. The standard InChI is InChI=1S/C16H20Cl4O8/c17-5-9(27-15(19)23)7-25-13(21)11-3-1-2-4-12(11)14(22)26-8-10(6-18)28-16(20)24/h9-12H,1-8H2. The zero-order chi connectivity index (χ0) is 21.1. The van der Waals surface area contributed by atoms with Crippen molar-refractivity contribution >= 4 is 69.2 Å². The van der Waals surface area contributed by atoms with Crippen LogP contribution in [0.1, 0.15) is 25.7 Å². The molecule has 28 heavy (non-hydrogen) atoms. The Balaban J connectivity index is 2.61. The van der Waals surface area contributed by atoms with Crippen LogP contribution in [0.3, 0.4) is 0 Å². The minimum atomic E-state index is -1.06. The molecule has 8 nitrogen and oxygen atoms in total. The molecule has 12 heteroatoms. The van der Waals surface area contributed by atoms with Crippen LogP contribution in [0.2, 0.25) is 0 Å². The molecule has 0 bridgehead atoms. The largest absolute Gasteiger partial charge is 0.461 e. The number of rotatable bonds is 10. The first-order chi connectivity index (χ1) is 13.3. The zero-order valence-corrected chi connectivity index (χ0v) is 17.8. The lowest BCUT2D eigenvalue weighted by atomic mass is 9.79. The van der Waals surface area contributed by atoms with Crippen molar-refractivity contribution in [1.82, 2.24) is 0 Å². The highest BCUT2D eigenvalue weighted by molar-refractivity contribution is 6.61. The third kappa shape index (κ3) is 9.03. The first-order valence-electron chi connectivity index (χ1n) is 8.45. The van der Waals surface area contributed by atoms with Crippen LogP contribution in [-0.4, -0.2) is 60.0 Å². The Morgan fingerprint density at radius 3 is 1.39 bits per heavy atom. The second kappa shape index (κ2) is 13.3. The van der Waals surface area contributed by atoms with Crippen LogP contribution in [-0.2, 0) is 28.5 Å². The molecule has 0 aliphatic heterocycles. The van der Waals surface area contributed by atoms with Crippen LogP contribution in [0.5, 0.6) is 0 Å². The molecule has 0 aromatic carbocycles. The van der Waals surface area contributed by atoms with Crippen molar-refractivity contribution in [3.05, 3.63) is 0 Å². The van der Waals surface area contributed by atoms with Crippen molar-refractivity contribution in [2.45, 2.75) is 37.9 Å². The molecule has 0 aromatic heterocycles. The highest BCUT2D eigenvalue weighted by atomic mass is 35.5. The van der Waals surface area contributed by atoms with Crippen LogP contribution in [0.25, 0.3) is 0 Å². The molecule has 1 aliphatic carbocycles. The van der Waals surface area contributed by atoms with Gasteiger partial charge in [0.2, 0.25) is 0 Å². The van der Waals surface area contributed by atoms with Gasteiger partial charge in [-0.2, -0.15) is 0 Å². The molecule has 1 rings (SSSR count). The van der Waals surface area contributed by atoms with Crippen LogP contribution in [0.4, 0.5) is 9.59 Å². The molecule has 1 aliphatic rings. The summed E-state index contributed by atoms with van der Waals surface area (Å²) in [5.74, 6) is -2.89. The van der Waals surface area contributed by atoms with Gasteiger partial charge in [-0.15, -0.1) is 23.2 Å². The van der Waals surface area contributed by atoms with Gasteiger partial charge in [-0.3, -0.25) is 9.59 Å². The van der Waals surface area contributed by atoms with Gasteiger partial charge in [0.1, 0.15) is 13.2 Å². The molecule has 0 amide bonds. The third-order valence-corrected chi connectivity index (χ3v) is 4.92. The summed E-state index contributed by atoms with van der Waals surface area (Å²) in [6, 6.07) is 0. The van der Waals surface area contributed by atoms with E-state index < -0.39 is 46.8 Å². The van der Waals surface area contributed by atoms with Crippen molar-refractivity contribution in [3.63, 3.8) is 0 Å². The topological polar surface area (TPSA) is 105 Å². The van der Waals surface area contributed by atoms with E-state index in [9.17, 15) is 19.2 Å². The minimum absolute atomic E-state index is 0.110. The maximum atomic E-state index is 12.4. The zero-order valence-electron chi connectivity index (χ0n) is 14.7. The third-order valence-electron chi connectivity index (χ3n) is 4.06. The second-order valence-corrected chi connectivity index (χ2v) is 7.26. The molecule has 160 valence electrons. The van der Waals surface area contributed by atoms with Gasteiger partial charge in [0.05, 0.1) is 23.6 Å². The molecular weight excluding hydrogens is 462 g/mol. The minimum Gasteiger partial charge on any atom is -0.461 e. The molecular formula is C16H20Cl4O8. The van der Waals surface area contributed by atoms with Gasteiger partial charge in [-0.1, -0.05) is 12.8 Å². The van der Waals surface area contributed by atoms with E-state index in [4.69, 9.17) is 55.9 Å². The summed E-state index contributed by atoms with van der Waals surface area (Å²) in [6.45, 7) is -0.557. The van der Waals surface area contributed by atoms with Crippen molar-refractivity contribution in [1.29, 1.82) is 0 Å². The Bertz CT molecular complexity index is 511. The molecule has 0 spiro atoms. The van der Waals surface area contributed by atoms with Crippen LogP contribution in [0.15, 0.2) is 0 Å². The Morgan fingerprint density at radius 2 is 1.11 bits per heavy atom. The Morgan fingerprint density at radius 1 is 0.750 bits per heavy atom. The van der Waals surface area contributed by atoms with Gasteiger partial charge in [0, 0.05) is 23.2 Å². The molecule has 0 N–H and O–H groups in total. The SMILES string of the molecule is O=C(Cl)OC(CCl)COC(=O)C1CCCCC1C(=O)OCC(CCl)OC(=O)Cl. The van der Waals surface area contributed by atoms with E-state index in [1.807, 2.05) is 0 Å². The number of carbonyl (C=O) groups excluding carboxylic acids is 4. The van der Waals surface area contributed by atoms with Crippen molar-refractivity contribution in [2.75, 3.05) is 25.0 Å². The number of esters is 2. The lowest BCUT2D eigenvalue weighted by molar-refractivity contribution is -0.165. The molecule has 0 saturated heterocycles. The number of hydrogen-bond donors (Lipinski definition) is 0. The van der Waals surface area contributed by atoms with E-state index >= 15 is 0 Å². The summed E-state index contributed by atoms with van der Waals surface area (Å²) in [4.78, 5) is 46.3. The summed E-state index contributed by atoms with van der Waals surface area (Å²) >= 11 is 21.5. The second-order valence-electron chi connectivity index (χ2n) is 6.02. The lowest BCUT2D eigenvalue weighted by Crippen LogP contribution is -2.37. The number of halogens is 4. The fourth-order valence-electron chi connectivity index (χ4n) is 2.74. The van der Waals surface area contributed by atoms with Gasteiger partial charge in [0.25, 0.3) is 0 Å².